The highest BCUT2D eigenvalue weighted by molar-refractivity contribution is 5.95. The highest BCUT2D eigenvalue weighted by Crippen LogP contribution is 2.15. The first-order valence-corrected chi connectivity index (χ1v) is 6.49. The lowest BCUT2D eigenvalue weighted by Crippen LogP contribution is -2.39. The molecule has 1 rings (SSSR count). The number of aliphatic hydroxyl groups excluding tert-OH is 1. The normalized spacial score (nSPS) is 11.1. The van der Waals surface area contributed by atoms with Gasteiger partial charge in [0.2, 0.25) is 0 Å². The minimum Gasteiger partial charge on any atom is -0.478 e. The van der Waals surface area contributed by atoms with E-state index in [2.05, 4.69) is 0 Å². The third-order valence-corrected chi connectivity index (χ3v) is 2.88. The van der Waals surface area contributed by atoms with Gasteiger partial charge >= 0.3 is 5.97 Å². The number of hydrogen-bond donors (Lipinski definition) is 2. The third kappa shape index (κ3) is 4.68. The number of nitrogens with zero attached hydrogens (tertiary/aromatic N) is 1. The van der Waals surface area contributed by atoms with E-state index in [4.69, 9.17) is 10.2 Å². The van der Waals surface area contributed by atoms with Crippen molar-refractivity contribution in [1.82, 2.24) is 4.90 Å². The van der Waals surface area contributed by atoms with Gasteiger partial charge < -0.3 is 15.1 Å². The molecule has 0 spiro atoms. The zero-order valence-electron chi connectivity index (χ0n) is 11.9. The molecular weight excluding hydrogens is 277 g/mol. The number of rotatable bonds is 6. The Labute approximate surface area is 122 Å². The third-order valence-electron chi connectivity index (χ3n) is 2.88. The summed E-state index contributed by atoms with van der Waals surface area (Å²) in [5.41, 5.74) is 0.245. The Hall–Kier alpha value is -2.21. The van der Waals surface area contributed by atoms with Gasteiger partial charge in [-0.25, -0.2) is 9.18 Å². The SMILES string of the molecule is CC(C)N(CCO)C(=O)c1ccc(C=CC(=O)O)c(F)c1. The number of hydrogen-bond acceptors (Lipinski definition) is 3. The van der Waals surface area contributed by atoms with E-state index in [-0.39, 0.29) is 36.2 Å². The number of carbonyl (C=O) groups is 2. The van der Waals surface area contributed by atoms with E-state index in [1.807, 2.05) is 0 Å². The maximum absolute atomic E-state index is 13.8. The number of halogens is 1. The van der Waals surface area contributed by atoms with E-state index in [9.17, 15) is 14.0 Å². The summed E-state index contributed by atoms with van der Waals surface area (Å²) < 4.78 is 13.8. The van der Waals surface area contributed by atoms with E-state index < -0.39 is 11.8 Å². The molecule has 0 aliphatic rings. The average Bonchev–Trinajstić information content (AvgIpc) is 2.42. The number of carboxylic acids is 1. The molecule has 0 unspecified atom stereocenters. The summed E-state index contributed by atoms with van der Waals surface area (Å²) in [5, 5.41) is 17.5. The van der Waals surface area contributed by atoms with Crippen molar-refractivity contribution in [3.8, 4) is 0 Å². The van der Waals surface area contributed by atoms with Crippen molar-refractivity contribution in [3.05, 3.63) is 41.2 Å². The molecule has 0 aliphatic carbocycles. The molecule has 0 saturated heterocycles. The zero-order valence-corrected chi connectivity index (χ0v) is 11.9. The molecule has 1 aromatic carbocycles. The molecule has 21 heavy (non-hydrogen) atoms. The second kappa shape index (κ2) is 7.54. The number of aliphatic hydroxyl groups is 1. The Morgan fingerprint density at radius 2 is 2.05 bits per heavy atom. The maximum atomic E-state index is 13.8. The number of amides is 1. The molecular formula is C15H18FNO4. The van der Waals surface area contributed by atoms with E-state index in [0.29, 0.717) is 0 Å². The van der Waals surface area contributed by atoms with Crippen LogP contribution in [0.25, 0.3) is 6.08 Å². The Bertz CT molecular complexity index is 555. The van der Waals surface area contributed by atoms with Crippen LogP contribution < -0.4 is 0 Å². The van der Waals surface area contributed by atoms with E-state index >= 15 is 0 Å². The van der Waals surface area contributed by atoms with Crippen LogP contribution in [0.1, 0.15) is 29.8 Å². The molecule has 0 aromatic heterocycles. The number of aliphatic carboxylic acids is 1. The van der Waals surface area contributed by atoms with Crippen LogP contribution in [-0.4, -0.2) is 46.2 Å². The Morgan fingerprint density at radius 1 is 1.38 bits per heavy atom. The second-order valence-electron chi connectivity index (χ2n) is 4.72. The first kappa shape index (κ1) is 16.8. The van der Waals surface area contributed by atoms with Crippen LogP contribution in [0.2, 0.25) is 0 Å². The standard InChI is InChI=1S/C15H18FNO4/c1-10(2)17(7-8-18)15(21)12-4-3-11(13(16)9-12)5-6-14(19)20/h3-6,9-10,18H,7-8H2,1-2H3,(H,19,20). The molecule has 1 amide bonds. The molecule has 6 heteroatoms. The average molecular weight is 295 g/mol. The fourth-order valence-corrected chi connectivity index (χ4v) is 1.82. The summed E-state index contributed by atoms with van der Waals surface area (Å²) in [7, 11) is 0. The first-order valence-electron chi connectivity index (χ1n) is 6.49. The van der Waals surface area contributed by atoms with Crippen LogP contribution in [0.5, 0.6) is 0 Å². The Morgan fingerprint density at radius 3 is 2.52 bits per heavy atom. The fourth-order valence-electron chi connectivity index (χ4n) is 1.82. The van der Waals surface area contributed by atoms with Crippen LogP contribution in [0.3, 0.4) is 0 Å². The molecule has 0 atom stereocenters. The molecule has 0 aliphatic heterocycles. The highest BCUT2D eigenvalue weighted by atomic mass is 19.1. The van der Waals surface area contributed by atoms with Gasteiger partial charge in [-0.2, -0.15) is 0 Å². The van der Waals surface area contributed by atoms with Gasteiger partial charge in [-0.15, -0.1) is 0 Å². The monoisotopic (exact) mass is 295 g/mol. The van der Waals surface area contributed by atoms with Crippen molar-refractivity contribution in [3.63, 3.8) is 0 Å². The highest BCUT2D eigenvalue weighted by Gasteiger charge is 2.19. The minimum atomic E-state index is -1.18. The van der Waals surface area contributed by atoms with Crippen molar-refractivity contribution in [2.45, 2.75) is 19.9 Å². The van der Waals surface area contributed by atoms with Crippen LogP contribution in [0.4, 0.5) is 4.39 Å². The van der Waals surface area contributed by atoms with Crippen molar-refractivity contribution in [2.24, 2.45) is 0 Å². The predicted molar refractivity (Wildman–Crippen MR) is 76.3 cm³/mol. The van der Waals surface area contributed by atoms with Gasteiger partial charge in [0.15, 0.2) is 0 Å². The molecule has 0 heterocycles. The molecule has 0 saturated carbocycles. The Balaban J connectivity index is 3.02. The van der Waals surface area contributed by atoms with Crippen LogP contribution in [0, 0.1) is 5.82 Å². The lowest BCUT2D eigenvalue weighted by atomic mass is 10.1. The largest absolute Gasteiger partial charge is 0.478 e. The summed E-state index contributed by atoms with van der Waals surface area (Å²) in [4.78, 5) is 24.1. The van der Waals surface area contributed by atoms with Gasteiger partial charge in [0, 0.05) is 29.8 Å². The van der Waals surface area contributed by atoms with Crippen LogP contribution in [0.15, 0.2) is 24.3 Å². The fraction of sp³-hybridized carbons (Fsp3) is 0.333. The molecule has 114 valence electrons. The summed E-state index contributed by atoms with van der Waals surface area (Å²) in [6.45, 7) is 3.59. The van der Waals surface area contributed by atoms with E-state index in [1.54, 1.807) is 13.8 Å². The molecule has 0 radical (unpaired) electrons. The van der Waals surface area contributed by atoms with Gasteiger partial charge in [0.1, 0.15) is 5.82 Å². The van der Waals surface area contributed by atoms with Gasteiger partial charge in [-0.05, 0) is 32.1 Å². The van der Waals surface area contributed by atoms with Crippen LogP contribution in [-0.2, 0) is 4.79 Å². The first-order chi connectivity index (χ1) is 9.86. The van der Waals surface area contributed by atoms with E-state index in [0.717, 1.165) is 18.2 Å². The minimum absolute atomic E-state index is 0.0900. The molecule has 2 N–H and O–H groups in total. The molecule has 0 fully saturated rings. The lowest BCUT2D eigenvalue weighted by molar-refractivity contribution is -0.131. The van der Waals surface area contributed by atoms with Crippen molar-refractivity contribution < 1.29 is 24.2 Å². The molecule has 5 nitrogen and oxygen atoms in total. The predicted octanol–water partition coefficient (Wildman–Crippen LogP) is 1.77. The van der Waals surface area contributed by atoms with E-state index in [1.165, 1.54) is 17.0 Å². The number of carboxylic acid groups (broad SMARTS) is 1. The smallest absolute Gasteiger partial charge is 0.328 e. The molecule has 0 bridgehead atoms. The van der Waals surface area contributed by atoms with Gasteiger partial charge in [-0.1, -0.05) is 6.07 Å². The topological polar surface area (TPSA) is 77.8 Å². The lowest BCUT2D eigenvalue weighted by Gasteiger charge is -2.26. The zero-order chi connectivity index (χ0) is 16.0. The van der Waals surface area contributed by atoms with Gasteiger partial charge in [0.25, 0.3) is 5.91 Å². The van der Waals surface area contributed by atoms with Gasteiger partial charge in [-0.3, -0.25) is 4.79 Å². The van der Waals surface area contributed by atoms with Crippen LogP contribution >= 0.6 is 0 Å². The second-order valence-corrected chi connectivity index (χ2v) is 4.72. The maximum Gasteiger partial charge on any atom is 0.328 e. The van der Waals surface area contributed by atoms with Crippen molar-refractivity contribution in [1.29, 1.82) is 0 Å². The summed E-state index contributed by atoms with van der Waals surface area (Å²) in [6.07, 6.45) is 1.95. The summed E-state index contributed by atoms with van der Waals surface area (Å²) in [6, 6.07) is 3.72. The van der Waals surface area contributed by atoms with Crippen molar-refractivity contribution in [2.75, 3.05) is 13.2 Å². The molecule has 1 aromatic rings. The number of benzene rings is 1. The Kier molecular flexibility index (Phi) is 6.05. The summed E-state index contributed by atoms with van der Waals surface area (Å²) in [5.74, 6) is -2.23. The summed E-state index contributed by atoms with van der Waals surface area (Å²) >= 11 is 0. The quantitative estimate of drug-likeness (QED) is 0.784. The van der Waals surface area contributed by atoms with Crippen molar-refractivity contribution >= 4 is 18.0 Å². The number of carbonyl (C=O) groups excluding carboxylic acids is 1. The van der Waals surface area contributed by atoms with Gasteiger partial charge in [0.05, 0.1) is 6.61 Å².